The summed E-state index contributed by atoms with van der Waals surface area (Å²) >= 11 is 0. The van der Waals surface area contributed by atoms with E-state index >= 15 is 0 Å². The van der Waals surface area contributed by atoms with Gasteiger partial charge in [0.1, 0.15) is 5.92 Å². The van der Waals surface area contributed by atoms with Gasteiger partial charge in [0, 0.05) is 18.8 Å². The van der Waals surface area contributed by atoms with Crippen LogP contribution < -0.4 is 0 Å². The molecule has 0 N–H and O–H groups in total. The first kappa shape index (κ1) is 13.0. The molecule has 2 rings (SSSR count). The Morgan fingerprint density at radius 1 is 1.16 bits per heavy atom. The number of nitriles is 1. The number of pyridine rings is 1. The van der Waals surface area contributed by atoms with Gasteiger partial charge in [-0.3, -0.25) is 9.78 Å². The lowest BCUT2D eigenvalue weighted by Gasteiger charge is -2.08. The number of ketones is 1. The molecule has 0 amide bonds. The molecule has 0 aliphatic rings. The van der Waals surface area contributed by atoms with Crippen molar-refractivity contribution < 1.29 is 4.79 Å². The second kappa shape index (κ2) is 6.46. The monoisotopic (exact) mass is 250 g/mol. The highest BCUT2D eigenvalue weighted by Gasteiger charge is 2.19. The summed E-state index contributed by atoms with van der Waals surface area (Å²) in [6.07, 6.45) is 4.25. The van der Waals surface area contributed by atoms with Crippen molar-refractivity contribution in [3.05, 3.63) is 66.0 Å². The number of hydrogen-bond acceptors (Lipinski definition) is 3. The number of aryl methyl sites for hydroxylation is 1. The SMILES string of the molecule is N#CC(C(=O)CCc1ccccc1)c1ccncc1. The van der Waals surface area contributed by atoms with Gasteiger partial charge in [0.2, 0.25) is 0 Å². The fourth-order valence-corrected chi connectivity index (χ4v) is 1.94. The molecule has 0 radical (unpaired) electrons. The number of aromatic nitrogens is 1. The number of rotatable bonds is 5. The van der Waals surface area contributed by atoms with Gasteiger partial charge in [-0.1, -0.05) is 30.3 Å². The summed E-state index contributed by atoms with van der Waals surface area (Å²) in [7, 11) is 0. The molecule has 94 valence electrons. The lowest BCUT2D eigenvalue weighted by molar-refractivity contribution is -0.119. The minimum Gasteiger partial charge on any atom is -0.298 e. The Balaban J connectivity index is 2.01. The Bertz CT molecular complexity index is 573. The van der Waals surface area contributed by atoms with Gasteiger partial charge in [-0.2, -0.15) is 5.26 Å². The van der Waals surface area contributed by atoms with Crippen molar-refractivity contribution in [2.75, 3.05) is 0 Å². The van der Waals surface area contributed by atoms with Crippen LogP contribution >= 0.6 is 0 Å². The average molecular weight is 250 g/mol. The minimum atomic E-state index is -0.688. The molecule has 1 unspecified atom stereocenters. The molecule has 0 aliphatic carbocycles. The summed E-state index contributed by atoms with van der Waals surface area (Å²) < 4.78 is 0. The quantitative estimate of drug-likeness (QED) is 0.819. The third-order valence-electron chi connectivity index (χ3n) is 2.99. The minimum absolute atomic E-state index is 0.0439. The van der Waals surface area contributed by atoms with Gasteiger partial charge in [-0.05, 0) is 29.7 Å². The summed E-state index contributed by atoms with van der Waals surface area (Å²) in [6, 6.07) is 15.3. The average Bonchev–Trinajstić information content (AvgIpc) is 2.48. The summed E-state index contributed by atoms with van der Waals surface area (Å²) in [5.74, 6) is -0.732. The molecule has 0 aliphatic heterocycles. The Hall–Kier alpha value is -2.47. The first-order valence-corrected chi connectivity index (χ1v) is 6.17. The third kappa shape index (κ3) is 3.49. The van der Waals surface area contributed by atoms with Crippen molar-refractivity contribution in [2.24, 2.45) is 0 Å². The Kier molecular flexibility index (Phi) is 4.41. The summed E-state index contributed by atoms with van der Waals surface area (Å²) in [6.45, 7) is 0. The molecule has 1 aromatic heterocycles. The van der Waals surface area contributed by atoms with Gasteiger partial charge >= 0.3 is 0 Å². The molecule has 1 atom stereocenters. The van der Waals surface area contributed by atoms with Crippen LogP contribution in [0, 0.1) is 11.3 Å². The standard InChI is InChI=1S/C16H14N2O/c17-12-15(14-8-10-18-11-9-14)16(19)7-6-13-4-2-1-3-5-13/h1-5,8-11,15H,6-7H2. The van der Waals surface area contributed by atoms with Crippen molar-refractivity contribution in [3.8, 4) is 6.07 Å². The number of carbonyl (C=O) groups is 1. The predicted molar refractivity (Wildman–Crippen MR) is 72.4 cm³/mol. The van der Waals surface area contributed by atoms with E-state index in [-0.39, 0.29) is 5.78 Å². The molecule has 0 fully saturated rings. The molecule has 0 saturated heterocycles. The van der Waals surface area contributed by atoms with Crippen LogP contribution in [0.15, 0.2) is 54.9 Å². The summed E-state index contributed by atoms with van der Waals surface area (Å²) in [5, 5.41) is 9.16. The molecule has 1 heterocycles. The molecule has 2 aromatic rings. The van der Waals surface area contributed by atoms with Crippen LogP contribution in [0.4, 0.5) is 0 Å². The largest absolute Gasteiger partial charge is 0.298 e. The maximum Gasteiger partial charge on any atom is 0.154 e. The highest BCUT2D eigenvalue weighted by atomic mass is 16.1. The van der Waals surface area contributed by atoms with E-state index in [4.69, 9.17) is 5.26 Å². The lowest BCUT2D eigenvalue weighted by Crippen LogP contribution is -2.11. The third-order valence-corrected chi connectivity index (χ3v) is 2.99. The van der Waals surface area contributed by atoms with Gasteiger partial charge < -0.3 is 0 Å². The maximum absolute atomic E-state index is 12.1. The first-order chi connectivity index (χ1) is 9.31. The topological polar surface area (TPSA) is 53.8 Å². The number of nitrogens with zero attached hydrogens (tertiary/aromatic N) is 2. The second-order valence-electron chi connectivity index (χ2n) is 4.29. The van der Waals surface area contributed by atoms with Crippen LogP contribution in [-0.4, -0.2) is 10.8 Å². The second-order valence-corrected chi connectivity index (χ2v) is 4.29. The van der Waals surface area contributed by atoms with Crippen molar-refractivity contribution >= 4 is 5.78 Å². The van der Waals surface area contributed by atoms with E-state index in [1.807, 2.05) is 30.3 Å². The Labute approximate surface area is 112 Å². The van der Waals surface area contributed by atoms with Crippen molar-refractivity contribution in [3.63, 3.8) is 0 Å². The van der Waals surface area contributed by atoms with Gasteiger partial charge in [-0.15, -0.1) is 0 Å². The molecule has 19 heavy (non-hydrogen) atoms. The summed E-state index contributed by atoms with van der Waals surface area (Å²) in [4.78, 5) is 16.0. The van der Waals surface area contributed by atoms with E-state index in [1.54, 1.807) is 24.5 Å². The van der Waals surface area contributed by atoms with E-state index in [1.165, 1.54) is 0 Å². The van der Waals surface area contributed by atoms with E-state index in [0.29, 0.717) is 12.8 Å². The number of Topliss-reactive ketones (excluding diaryl/α,β-unsaturated/α-hetero) is 1. The highest BCUT2D eigenvalue weighted by Crippen LogP contribution is 2.17. The van der Waals surface area contributed by atoms with Gasteiger partial charge in [0.15, 0.2) is 5.78 Å². The van der Waals surface area contributed by atoms with E-state index in [2.05, 4.69) is 11.1 Å². The number of benzene rings is 1. The normalized spacial score (nSPS) is 11.5. The number of carbonyl (C=O) groups excluding carboxylic acids is 1. The number of hydrogen-bond donors (Lipinski definition) is 0. The lowest BCUT2D eigenvalue weighted by atomic mass is 9.93. The van der Waals surface area contributed by atoms with Crippen LogP contribution in [-0.2, 0) is 11.2 Å². The van der Waals surface area contributed by atoms with Crippen molar-refractivity contribution in [1.29, 1.82) is 5.26 Å². The van der Waals surface area contributed by atoms with Crippen LogP contribution in [0.3, 0.4) is 0 Å². The van der Waals surface area contributed by atoms with Gasteiger partial charge in [0.05, 0.1) is 6.07 Å². The fourth-order valence-electron chi connectivity index (χ4n) is 1.94. The molecular formula is C16H14N2O. The smallest absolute Gasteiger partial charge is 0.154 e. The molecular weight excluding hydrogens is 236 g/mol. The fraction of sp³-hybridized carbons (Fsp3) is 0.188. The molecule has 0 bridgehead atoms. The predicted octanol–water partition coefficient (Wildman–Crippen LogP) is 2.89. The van der Waals surface area contributed by atoms with Crippen LogP contribution in [0.5, 0.6) is 0 Å². The van der Waals surface area contributed by atoms with Crippen LogP contribution in [0.25, 0.3) is 0 Å². The van der Waals surface area contributed by atoms with Crippen molar-refractivity contribution in [1.82, 2.24) is 4.98 Å². The molecule has 1 aromatic carbocycles. The molecule has 0 spiro atoms. The summed E-state index contributed by atoms with van der Waals surface area (Å²) in [5.41, 5.74) is 1.83. The molecule has 0 saturated carbocycles. The van der Waals surface area contributed by atoms with Crippen molar-refractivity contribution in [2.45, 2.75) is 18.8 Å². The molecule has 3 nitrogen and oxygen atoms in total. The van der Waals surface area contributed by atoms with Crippen LogP contribution in [0.1, 0.15) is 23.5 Å². The first-order valence-electron chi connectivity index (χ1n) is 6.17. The zero-order valence-corrected chi connectivity index (χ0v) is 10.5. The van der Waals surface area contributed by atoms with Gasteiger partial charge in [-0.25, -0.2) is 0 Å². The molecule has 3 heteroatoms. The van der Waals surface area contributed by atoms with E-state index < -0.39 is 5.92 Å². The van der Waals surface area contributed by atoms with E-state index in [0.717, 1.165) is 11.1 Å². The Morgan fingerprint density at radius 3 is 2.47 bits per heavy atom. The highest BCUT2D eigenvalue weighted by molar-refractivity contribution is 5.88. The Morgan fingerprint density at radius 2 is 1.84 bits per heavy atom. The maximum atomic E-state index is 12.1. The zero-order chi connectivity index (χ0) is 13.5. The van der Waals surface area contributed by atoms with Gasteiger partial charge in [0.25, 0.3) is 0 Å². The zero-order valence-electron chi connectivity index (χ0n) is 10.5. The van der Waals surface area contributed by atoms with Crippen LogP contribution in [0.2, 0.25) is 0 Å². The van der Waals surface area contributed by atoms with E-state index in [9.17, 15) is 4.79 Å².